The van der Waals surface area contributed by atoms with Crippen molar-refractivity contribution in [2.24, 2.45) is 5.84 Å². The predicted octanol–water partition coefficient (Wildman–Crippen LogP) is 0.833. The second-order valence-corrected chi connectivity index (χ2v) is 3.76. The molecule has 3 N–H and O–H groups in total. The molecule has 7 heteroatoms. The molecular weight excluding hydrogens is 242 g/mol. The molecule has 0 saturated heterocycles. The van der Waals surface area contributed by atoms with Crippen LogP contribution in [-0.4, -0.2) is 20.9 Å². The quantitative estimate of drug-likeness (QED) is 0.470. The van der Waals surface area contributed by atoms with E-state index >= 15 is 0 Å². The number of nitrogens with zero attached hydrogens (tertiary/aromatic N) is 3. The van der Waals surface area contributed by atoms with Gasteiger partial charge in [-0.1, -0.05) is 23.7 Å². The van der Waals surface area contributed by atoms with Crippen molar-refractivity contribution in [3.05, 3.63) is 40.7 Å². The highest BCUT2D eigenvalue weighted by Gasteiger charge is 2.15. The van der Waals surface area contributed by atoms with E-state index in [-0.39, 0.29) is 5.69 Å². The third-order valence-corrected chi connectivity index (χ3v) is 2.52. The fraction of sp³-hybridized carbons (Fsp3) is 0.100. The second-order valence-electron chi connectivity index (χ2n) is 3.35. The van der Waals surface area contributed by atoms with E-state index in [1.54, 1.807) is 25.1 Å². The number of nitrogen functional groups attached to an aromatic ring is 1. The molecule has 1 heterocycles. The molecule has 2 rings (SSSR count). The van der Waals surface area contributed by atoms with Crippen molar-refractivity contribution in [2.45, 2.75) is 6.92 Å². The molecule has 0 saturated carbocycles. The SMILES string of the molecule is Cc1nn(-c2ccccc2Cl)nc1C(=O)NN. The zero-order chi connectivity index (χ0) is 12.4. The largest absolute Gasteiger partial charge is 0.289 e. The van der Waals surface area contributed by atoms with Crippen molar-refractivity contribution < 1.29 is 4.79 Å². The second kappa shape index (κ2) is 4.52. The number of hydrogen-bond donors (Lipinski definition) is 2. The van der Waals surface area contributed by atoms with E-state index in [1.807, 2.05) is 11.5 Å². The Labute approximate surface area is 102 Å². The van der Waals surface area contributed by atoms with Gasteiger partial charge in [0.25, 0.3) is 5.91 Å². The molecule has 0 atom stereocenters. The lowest BCUT2D eigenvalue weighted by Gasteiger charge is -2.00. The summed E-state index contributed by atoms with van der Waals surface area (Å²) in [6.45, 7) is 1.67. The summed E-state index contributed by atoms with van der Waals surface area (Å²) in [5, 5.41) is 8.66. The summed E-state index contributed by atoms with van der Waals surface area (Å²) in [5.41, 5.74) is 3.27. The molecule has 0 unspecified atom stereocenters. The standard InChI is InChI=1S/C10H10ClN5O/c1-6-9(10(17)13-12)15-16(14-6)8-5-3-2-4-7(8)11/h2-5H,12H2,1H3,(H,13,17). The predicted molar refractivity (Wildman–Crippen MR) is 62.8 cm³/mol. The van der Waals surface area contributed by atoms with Crippen LogP contribution in [0.5, 0.6) is 0 Å². The van der Waals surface area contributed by atoms with Crippen LogP contribution in [0.25, 0.3) is 5.69 Å². The molecule has 0 radical (unpaired) electrons. The molecule has 0 aliphatic carbocycles. The normalized spacial score (nSPS) is 10.3. The molecule has 1 aromatic heterocycles. The van der Waals surface area contributed by atoms with E-state index in [1.165, 1.54) is 4.80 Å². The van der Waals surface area contributed by atoms with Gasteiger partial charge in [0, 0.05) is 0 Å². The maximum atomic E-state index is 11.4. The van der Waals surface area contributed by atoms with Gasteiger partial charge in [0.1, 0.15) is 5.69 Å². The van der Waals surface area contributed by atoms with Gasteiger partial charge in [0.05, 0.1) is 10.7 Å². The maximum Gasteiger partial charge on any atom is 0.287 e. The average Bonchev–Trinajstić information content (AvgIpc) is 2.71. The molecule has 1 amide bonds. The van der Waals surface area contributed by atoms with Gasteiger partial charge >= 0.3 is 0 Å². The number of aryl methyl sites for hydroxylation is 1. The van der Waals surface area contributed by atoms with Gasteiger partial charge in [-0.05, 0) is 19.1 Å². The van der Waals surface area contributed by atoms with Crippen molar-refractivity contribution in [2.75, 3.05) is 0 Å². The summed E-state index contributed by atoms with van der Waals surface area (Å²) in [6, 6.07) is 7.09. The maximum absolute atomic E-state index is 11.4. The van der Waals surface area contributed by atoms with E-state index in [0.717, 1.165) is 0 Å². The first-order valence-corrected chi connectivity index (χ1v) is 5.21. The Morgan fingerprint density at radius 1 is 1.41 bits per heavy atom. The lowest BCUT2D eigenvalue weighted by atomic mass is 10.3. The monoisotopic (exact) mass is 251 g/mol. The third kappa shape index (κ3) is 2.13. The first-order valence-electron chi connectivity index (χ1n) is 4.83. The number of nitrogens with one attached hydrogen (secondary N) is 1. The first kappa shape index (κ1) is 11.6. The summed E-state index contributed by atoms with van der Waals surface area (Å²) in [4.78, 5) is 12.7. The Kier molecular flexibility index (Phi) is 3.08. The number of rotatable bonds is 2. The minimum atomic E-state index is -0.485. The van der Waals surface area contributed by atoms with Crippen molar-refractivity contribution in [3.8, 4) is 5.69 Å². The van der Waals surface area contributed by atoms with Crippen LogP contribution in [0.1, 0.15) is 16.2 Å². The van der Waals surface area contributed by atoms with Crippen LogP contribution < -0.4 is 11.3 Å². The van der Waals surface area contributed by atoms with Gasteiger partial charge in [-0.3, -0.25) is 10.2 Å². The van der Waals surface area contributed by atoms with Gasteiger partial charge in [0.2, 0.25) is 0 Å². The van der Waals surface area contributed by atoms with Crippen molar-refractivity contribution in [1.29, 1.82) is 0 Å². The number of carbonyl (C=O) groups excluding carboxylic acids is 1. The van der Waals surface area contributed by atoms with E-state index < -0.39 is 5.91 Å². The van der Waals surface area contributed by atoms with E-state index in [0.29, 0.717) is 16.4 Å². The van der Waals surface area contributed by atoms with E-state index in [9.17, 15) is 4.79 Å². The number of nitrogens with two attached hydrogens (primary N) is 1. The number of amides is 1. The van der Waals surface area contributed by atoms with Crippen LogP contribution in [0.15, 0.2) is 24.3 Å². The first-order chi connectivity index (χ1) is 8.13. The highest BCUT2D eigenvalue weighted by atomic mass is 35.5. The summed E-state index contributed by atoms with van der Waals surface area (Å²) < 4.78 is 0. The molecule has 88 valence electrons. The Morgan fingerprint density at radius 3 is 2.76 bits per heavy atom. The highest BCUT2D eigenvalue weighted by molar-refractivity contribution is 6.32. The molecule has 2 aromatic rings. The van der Waals surface area contributed by atoms with Gasteiger partial charge < -0.3 is 0 Å². The van der Waals surface area contributed by atoms with Gasteiger partial charge in [-0.25, -0.2) is 5.84 Å². The third-order valence-electron chi connectivity index (χ3n) is 2.20. The zero-order valence-electron chi connectivity index (χ0n) is 9.01. The van der Waals surface area contributed by atoms with Crippen LogP contribution in [0.2, 0.25) is 5.02 Å². The minimum Gasteiger partial charge on any atom is -0.289 e. The molecule has 17 heavy (non-hydrogen) atoms. The van der Waals surface area contributed by atoms with Gasteiger partial charge in [-0.15, -0.1) is 9.90 Å². The molecule has 0 aliphatic heterocycles. The molecule has 1 aromatic carbocycles. The van der Waals surface area contributed by atoms with Crippen LogP contribution in [-0.2, 0) is 0 Å². The number of halogens is 1. The van der Waals surface area contributed by atoms with E-state index in [4.69, 9.17) is 17.4 Å². The number of carbonyl (C=O) groups is 1. The Bertz CT molecular complexity index is 566. The zero-order valence-corrected chi connectivity index (χ0v) is 9.77. The van der Waals surface area contributed by atoms with E-state index in [2.05, 4.69) is 10.2 Å². The van der Waals surface area contributed by atoms with Crippen LogP contribution in [0.3, 0.4) is 0 Å². The number of hydrazine groups is 1. The fourth-order valence-corrected chi connectivity index (χ4v) is 1.59. The summed E-state index contributed by atoms with van der Waals surface area (Å²) >= 11 is 6.01. The van der Waals surface area contributed by atoms with Crippen molar-refractivity contribution in [3.63, 3.8) is 0 Å². The summed E-state index contributed by atoms with van der Waals surface area (Å²) in [7, 11) is 0. The van der Waals surface area contributed by atoms with Gasteiger partial charge in [-0.2, -0.15) is 5.10 Å². The lowest BCUT2D eigenvalue weighted by molar-refractivity contribution is 0.0947. The average molecular weight is 252 g/mol. The number of benzene rings is 1. The molecular formula is C10H10ClN5O. The minimum absolute atomic E-state index is 0.174. The van der Waals surface area contributed by atoms with Crippen molar-refractivity contribution in [1.82, 2.24) is 20.4 Å². The molecule has 0 spiro atoms. The van der Waals surface area contributed by atoms with Crippen LogP contribution in [0, 0.1) is 6.92 Å². The summed E-state index contributed by atoms with van der Waals surface area (Å²) in [5.74, 6) is 4.56. The molecule has 0 fully saturated rings. The number of hydrogen-bond acceptors (Lipinski definition) is 4. The Hall–Kier alpha value is -1.92. The molecule has 6 nitrogen and oxygen atoms in total. The summed E-state index contributed by atoms with van der Waals surface area (Å²) in [6.07, 6.45) is 0. The topological polar surface area (TPSA) is 85.8 Å². The Morgan fingerprint density at radius 2 is 2.12 bits per heavy atom. The van der Waals surface area contributed by atoms with Crippen molar-refractivity contribution >= 4 is 17.5 Å². The Balaban J connectivity index is 2.49. The smallest absolute Gasteiger partial charge is 0.287 e. The van der Waals surface area contributed by atoms with Gasteiger partial charge in [0.15, 0.2) is 5.69 Å². The highest BCUT2D eigenvalue weighted by Crippen LogP contribution is 2.18. The fourth-order valence-electron chi connectivity index (χ4n) is 1.38. The molecule has 0 aliphatic rings. The van der Waals surface area contributed by atoms with Crippen LogP contribution in [0.4, 0.5) is 0 Å². The molecule has 0 bridgehead atoms. The lowest BCUT2D eigenvalue weighted by Crippen LogP contribution is -2.30. The van der Waals surface area contributed by atoms with Crippen LogP contribution >= 0.6 is 11.6 Å². The number of para-hydroxylation sites is 1. The number of aromatic nitrogens is 3.